The van der Waals surface area contributed by atoms with Crippen LogP contribution in [-0.2, 0) is 10.0 Å². The van der Waals surface area contributed by atoms with Crippen LogP contribution in [0.1, 0.15) is 16.7 Å². The molecule has 0 N–H and O–H groups in total. The topological polar surface area (TPSA) is 39.1 Å². The van der Waals surface area contributed by atoms with Crippen LogP contribution in [0.25, 0.3) is 22.2 Å². The maximum atomic E-state index is 14.0. The molecule has 0 atom stereocenters. The maximum Gasteiger partial charge on any atom is 0.268 e. The minimum absolute atomic E-state index is 0.283. The molecule has 0 unspecified atom stereocenters. The average molecular weight is 500 g/mol. The predicted molar refractivity (Wildman–Crippen MR) is 130 cm³/mol. The van der Waals surface area contributed by atoms with Crippen LogP contribution in [-0.4, -0.2) is 18.6 Å². The van der Waals surface area contributed by atoms with Crippen molar-refractivity contribution < 1.29 is 8.42 Å². The maximum absolute atomic E-state index is 14.0. The lowest BCUT2D eigenvalue weighted by Crippen LogP contribution is -2.15. The zero-order chi connectivity index (χ0) is 21.6. The molecule has 0 radical (unpaired) electrons. The second-order valence-electron chi connectivity index (χ2n) is 7.42. The summed E-state index contributed by atoms with van der Waals surface area (Å²) in [6.45, 7) is 5.97. The van der Waals surface area contributed by atoms with E-state index in [0.717, 1.165) is 42.5 Å². The number of fused-ring (bicyclic) bond motifs is 1. The van der Waals surface area contributed by atoms with Crippen molar-refractivity contribution in [2.75, 3.05) is 6.26 Å². The lowest BCUT2D eigenvalue weighted by molar-refractivity contribution is 0.589. The van der Waals surface area contributed by atoms with Gasteiger partial charge in [0, 0.05) is 20.3 Å². The molecule has 0 amide bonds. The van der Waals surface area contributed by atoms with Gasteiger partial charge in [-0.05, 0) is 56.9 Å². The van der Waals surface area contributed by atoms with Gasteiger partial charge < -0.3 is 0 Å². The van der Waals surface area contributed by atoms with Crippen molar-refractivity contribution in [3.05, 3.63) is 81.8 Å². The van der Waals surface area contributed by atoms with Crippen molar-refractivity contribution in [1.82, 2.24) is 3.97 Å². The van der Waals surface area contributed by atoms with Crippen LogP contribution < -0.4 is 0 Å². The summed E-state index contributed by atoms with van der Waals surface area (Å²) in [6, 6.07) is 18.9. The first-order chi connectivity index (χ1) is 14.3. The lowest BCUT2D eigenvalue weighted by Gasteiger charge is -2.15. The van der Waals surface area contributed by atoms with E-state index in [1.165, 1.54) is 3.97 Å². The van der Waals surface area contributed by atoms with E-state index in [4.69, 9.17) is 0 Å². The summed E-state index contributed by atoms with van der Waals surface area (Å²) in [4.78, 5) is 1.24. The lowest BCUT2D eigenvalue weighted by atomic mass is 10.1. The second-order valence-corrected chi connectivity index (χ2v) is 10.9. The Labute approximate surface area is 190 Å². The zero-order valence-corrected chi connectivity index (χ0v) is 20.5. The molecule has 3 nitrogen and oxygen atoms in total. The van der Waals surface area contributed by atoms with Crippen molar-refractivity contribution >= 4 is 48.6 Å². The molecule has 30 heavy (non-hydrogen) atoms. The molecule has 0 aliphatic rings. The Balaban J connectivity index is 2.22. The molecular weight excluding hydrogens is 478 g/mol. The first-order valence-corrected chi connectivity index (χ1v) is 13.0. The number of halogens is 1. The zero-order valence-electron chi connectivity index (χ0n) is 17.2. The molecule has 6 heteroatoms. The molecule has 0 aliphatic heterocycles. The summed E-state index contributed by atoms with van der Waals surface area (Å²) >= 11 is 5.21. The van der Waals surface area contributed by atoms with Crippen molar-refractivity contribution in [1.29, 1.82) is 0 Å². The Kier molecular flexibility index (Phi) is 5.60. The molecule has 0 fully saturated rings. The highest BCUT2D eigenvalue weighted by atomic mass is 79.9. The smallest absolute Gasteiger partial charge is 0.232 e. The largest absolute Gasteiger partial charge is 0.268 e. The monoisotopic (exact) mass is 499 g/mol. The molecule has 0 saturated carbocycles. The Hall–Kier alpha value is -2.02. The summed E-state index contributed by atoms with van der Waals surface area (Å²) in [5.74, 6) is 0. The van der Waals surface area contributed by atoms with Gasteiger partial charge in [-0.25, -0.2) is 12.4 Å². The summed E-state index contributed by atoms with van der Waals surface area (Å²) in [5, 5.41) is 0.960. The first-order valence-electron chi connectivity index (χ1n) is 9.52. The summed E-state index contributed by atoms with van der Waals surface area (Å²) in [5.41, 5.74) is 5.35. The van der Waals surface area contributed by atoms with E-state index in [0.29, 0.717) is 5.69 Å². The number of thioether (sulfide) groups is 1. The van der Waals surface area contributed by atoms with Crippen molar-refractivity contribution in [3.63, 3.8) is 0 Å². The van der Waals surface area contributed by atoms with Gasteiger partial charge in [0.2, 0.25) is 0 Å². The number of hydrogen-bond acceptors (Lipinski definition) is 3. The van der Waals surface area contributed by atoms with Crippen molar-refractivity contribution in [2.24, 2.45) is 0 Å². The van der Waals surface area contributed by atoms with E-state index in [9.17, 15) is 8.42 Å². The fourth-order valence-electron chi connectivity index (χ4n) is 3.88. The number of hydrogen-bond donors (Lipinski definition) is 0. The van der Waals surface area contributed by atoms with E-state index < -0.39 is 10.0 Å². The van der Waals surface area contributed by atoms with Gasteiger partial charge in [0.1, 0.15) is 0 Å². The predicted octanol–water partition coefficient (Wildman–Crippen LogP) is 6.95. The van der Waals surface area contributed by atoms with Crippen LogP contribution >= 0.6 is 27.7 Å². The van der Waals surface area contributed by atoms with Gasteiger partial charge >= 0.3 is 0 Å². The van der Waals surface area contributed by atoms with E-state index >= 15 is 0 Å². The van der Waals surface area contributed by atoms with Crippen LogP contribution in [0.15, 0.2) is 74.9 Å². The fraction of sp³-hybridized carbons (Fsp3) is 0.167. The van der Waals surface area contributed by atoms with Crippen LogP contribution in [0.3, 0.4) is 0 Å². The second kappa shape index (κ2) is 7.91. The molecule has 1 heterocycles. The number of rotatable bonds is 4. The molecule has 154 valence electrons. The number of nitrogens with zero attached hydrogens (tertiary/aromatic N) is 1. The van der Waals surface area contributed by atoms with Gasteiger partial charge in [0.25, 0.3) is 10.0 Å². The number of aromatic nitrogens is 1. The van der Waals surface area contributed by atoms with Crippen molar-refractivity contribution in [3.8, 4) is 11.3 Å². The van der Waals surface area contributed by atoms with E-state index in [1.54, 1.807) is 23.9 Å². The third-order valence-corrected chi connectivity index (χ3v) is 8.43. The summed E-state index contributed by atoms with van der Waals surface area (Å²) < 4.78 is 30.3. The van der Waals surface area contributed by atoms with Gasteiger partial charge in [-0.15, -0.1) is 11.8 Å². The minimum atomic E-state index is -3.82. The van der Waals surface area contributed by atoms with Crippen LogP contribution in [0.5, 0.6) is 0 Å². The molecule has 1 aromatic heterocycles. The first kappa shape index (κ1) is 21.2. The van der Waals surface area contributed by atoms with Gasteiger partial charge in [0.15, 0.2) is 0 Å². The Bertz CT molecular complexity index is 1370. The van der Waals surface area contributed by atoms with Crippen LogP contribution in [0, 0.1) is 20.8 Å². The molecule has 3 aromatic carbocycles. The normalized spacial score (nSPS) is 11.9. The summed E-state index contributed by atoms with van der Waals surface area (Å²) in [6.07, 6.45) is 2.00. The van der Waals surface area contributed by atoms with E-state index in [1.807, 2.05) is 69.5 Å². The fourth-order valence-corrected chi connectivity index (χ4v) is 6.79. The molecule has 0 aliphatic carbocycles. The Morgan fingerprint density at radius 1 is 0.900 bits per heavy atom. The van der Waals surface area contributed by atoms with Crippen LogP contribution in [0.4, 0.5) is 0 Å². The van der Waals surface area contributed by atoms with Gasteiger partial charge in [0.05, 0.1) is 16.1 Å². The molecule has 0 spiro atoms. The quantitative estimate of drug-likeness (QED) is 0.285. The Morgan fingerprint density at radius 3 is 2.20 bits per heavy atom. The molecule has 4 aromatic rings. The highest BCUT2D eigenvalue weighted by molar-refractivity contribution is 9.10. The van der Waals surface area contributed by atoms with Crippen LogP contribution in [0.2, 0.25) is 0 Å². The number of aryl methyl sites for hydroxylation is 3. The highest BCUT2D eigenvalue weighted by Gasteiger charge is 2.29. The molecule has 0 saturated heterocycles. The van der Waals surface area contributed by atoms with Gasteiger partial charge in [-0.2, -0.15) is 0 Å². The molecular formula is C24H22BrNO2S2. The SMILES string of the molecule is CSc1c(-c2ccccc2Br)n(S(=O)(=O)c2ccc(C)cc2)c2c(C)cc(C)cc12. The highest BCUT2D eigenvalue weighted by Crippen LogP contribution is 2.44. The van der Waals surface area contributed by atoms with Crippen molar-refractivity contribution in [2.45, 2.75) is 30.6 Å². The van der Waals surface area contributed by atoms with Gasteiger partial charge in [-0.3, -0.25) is 0 Å². The van der Waals surface area contributed by atoms with E-state index in [-0.39, 0.29) is 4.90 Å². The summed E-state index contributed by atoms with van der Waals surface area (Å²) in [7, 11) is -3.82. The average Bonchev–Trinajstić information content (AvgIpc) is 3.03. The number of benzene rings is 3. The third kappa shape index (κ3) is 3.41. The third-order valence-electron chi connectivity index (χ3n) is 5.20. The molecule has 0 bridgehead atoms. The minimum Gasteiger partial charge on any atom is -0.232 e. The van der Waals surface area contributed by atoms with Gasteiger partial charge in [-0.1, -0.05) is 63.5 Å². The molecule has 4 rings (SSSR count). The standard InChI is InChI=1S/C24H22BrNO2S2/c1-15-9-11-18(12-10-15)30(27,28)26-22-17(3)13-16(2)14-20(22)24(29-4)23(26)19-7-5-6-8-21(19)25/h5-14H,1-4H3. The Morgan fingerprint density at radius 2 is 1.57 bits per heavy atom. The van der Waals surface area contributed by atoms with E-state index in [2.05, 4.69) is 22.0 Å².